The molecule has 1 fully saturated rings. The van der Waals surface area contributed by atoms with Crippen molar-refractivity contribution in [2.75, 3.05) is 0 Å². The van der Waals surface area contributed by atoms with Gasteiger partial charge in [0.05, 0.1) is 5.92 Å². The lowest BCUT2D eigenvalue weighted by molar-refractivity contribution is -0.150. The first-order chi connectivity index (χ1) is 7.77. The van der Waals surface area contributed by atoms with E-state index in [1.807, 2.05) is 6.07 Å². The molecule has 0 amide bonds. The van der Waals surface area contributed by atoms with E-state index in [0.717, 1.165) is 25.7 Å². The van der Waals surface area contributed by atoms with E-state index < -0.39 is 0 Å². The molecule has 1 heterocycles. The van der Waals surface area contributed by atoms with Crippen LogP contribution in [0.1, 0.15) is 32.1 Å². The van der Waals surface area contributed by atoms with Gasteiger partial charge in [0, 0.05) is 6.20 Å². The minimum absolute atomic E-state index is 0.0517. The molecule has 0 unspecified atom stereocenters. The van der Waals surface area contributed by atoms with Gasteiger partial charge < -0.3 is 4.84 Å². The normalized spacial score (nSPS) is 17.0. The van der Waals surface area contributed by atoms with Crippen molar-refractivity contribution in [3.63, 3.8) is 0 Å². The summed E-state index contributed by atoms with van der Waals surface area (Å²) in [7, 11) is 0. The molecule has 0 aliphatic heterocycles. The second-order valence-electron chi connectivity index (χ2n) is 4.11. The molecule has 0 radical (unpaired) electrons. The zero-order valence-electron chi connectivity index (χ0n) is 9.09. The molecule has 16 heavy (non-hydrogen) atoms. The van der Waals surface area contributed by atoms with Crippen molar-refractivity contribution in [1.82, 2.24) is 4.73 Å². The second kappa shape index (κ2) is 5.25. The highest BCUT2D eigenvalue weighted by atomic mass is 32.1. The molecule has 0 atom stereocenters. The van der Waals surface area contributed by atoms with Crippen molar-refractivity contribution >= 4 is 18.2 Å². The van der Waals surface area contributed by atoms with Crippen molar-refractivity contribution in [2.24, 2.45) is 5.92 Å². The number of aromatic nitrogens is 1. The van der Waals surface area contributed by atoms with Crippen LogP contribution in [0.5, 0.6) is 0 Å². The van der Waals surface area contributed by atoms with Crippen LogP contribution in [0, 0.1) is 10.6 Å². The molecule has 1 saturated carbocycles. The van der Waals surface area contributed by atoms with Crippen molar-refractivity contribution < 1.29 is 9.63 Å². The van der Waals surface area contributed by atoms with Crippen molar-refractivity contribution in [1.29, 1.82) is 0 Å². The Kier molecular flexibility index (Phi) is 3.72. The first kappa shape index (κ1) is 11.3. The maximum Gasteiger partial charge on any atom is 0.335 e. The lowest BCUT2D eigenvalue weighted by Gasteiger charge is -2.19. The topological polar surface area (TPSA) is 31.2 Å². The van der Waals surface area contributed by atoms with Crippen LogP contribution >= 0.6 is 12.2 Å². The average molecular weight is 237 g/mol. The zero-order valence-corrected chi connectivity index (χ0v) is 9.91. The monoisotopic (exact) mass is 237 g/mol. The standard InChI is InChI=1S/C12H15NO2S/c14-12(10-6-2-1-3-7-10)15-13-9-5-4-8-11(13)16/h4-5,8-10H,1-3,6-7H2. The highest BCUT2D eigenvalue weighted by molar-refractivity contribution is 7.71. The SMILES string of the molecule is O=C(On1ccccc1=S)C1CCCCC1. The number of nitrogens with zero attached hydrogens (tertiary/aromatic N) is 1. The molecule has 0 bridgehead atoms. The third-order valence-electron chi connectivity index (χ3n) is 2.92. The summed E-state index contributed by atoms with van der Waals surface area (Å²) in [6.07, 6.45) is 7.04. The number of hydrogen-bond donors (Lipinski definition) is 0. The molecule has 0 spiro atoms. The van der Waals surface area contributed by atoms with Crippen molar-refractivity contribution in [3.05, 3.63) is 29.0 Å². The lowest BCUT2D eigenvalue weighted by atomic mass is 9.89. The van der Waals surface area contributed by atoms with Gasteiger partial charge in [-0.25, -0.2) is 4.79 Å². The third kappa shape index (κ3) is 2.70. The van der Waals surface area contributed by atoms with Crippen LogP contribution in [0.15, 0.2) is 24.4 Å². The highest BCUT2D eigenvalue weighted by Crippen LogP contribution is 2.23. The maximum absolute atomic E-state index is 11.8. The largest absolute Gasteiger partial charge is 0.335 e. The van der Waals surface area contributed by atoms with E-state index in [9.17, 15) is 4.79 Å². The van der Waals surface area contributed by atoms with Gasteiger partial charge in [-0.05, 0) is 25.0 Å². The summed E-state index contributed by atoms with van der Waals surface area (Å²) in [5, 5.41) is 0. The Morgan fingerprint density at radius 2 is 2.06 bits per heavy atom. The van der Waals surface area contributed by atoms with E-state index in [4.69, 9.17) is 17.1 Å². The van der Waals surface area contributed by atoms with Crippen LogP contribution < -0.4 is 4.84 Å². The van der Waals surface area contributed by atoms with E-state index in [-0.39, 0.29) is 11.9 Å². The van der Waals surface area contributed by atoms with Crippen LogP contribution in [0.3, 0.4) is 0 Å². The molecular formula is C12H15NO2S. The van der Waals surface area contributed by atoms with E-state index >= 15 is 0 Å². The maximum atomic E-state index is 11.8. The highest BCUT2D eigenvalue weighted by Gasteiger charge is 2.23. The first-order valence-electron chi connectivity index (χ1n) is 5.67. The van der Waals surface area contributed by atoms with E-state index in [1.54, 1.807) is 18.3 Å². The number of pyridine rings is 1. The van der Waals surface area contributed by atoms with E-state index in [0.29, 0.717) is 4.64 Å². The minimum atomic E-state index is -0.151. The van der Waals surface area contributed by atoms with Gasteiger partial charge in [0.2, 0.25) is 0 Å². The molecular weight excluding hydrogens is 222 g/mol. The fourth-order valence-corrected chi connectivity index (χ4v) is 2.17. The van der Waals surface area contributed by atoms with Gasteiger partial charge in [-0.3, -0.25) is 0 Å². The fraction of sp³-hybridized carbons (Fsp3) is 0.500. The van der Waals surface area contributed by atoms with Gasteiger partial charge in [-0.15, -0.1) is 0 Å². The van der Waals surface area contributed by atoms with Crippen LogP contribution in [0.25, 0.3) is 0 Å². The molecule has 86 valence electrons. The molecule has 1 aliphatic carbocycles. The average Bonchev–Trinajstić information content (AvgIpc) is 2.33. The molecule has 1 aromatic heterocycles. The third-order valence-corrected chi connectivity index (χ3v) is 3.23. The summed E-state index contributed by atoms with van der Waals surface area (Å²) in [4.78, 5) is 17.1. The number of carbonyl (C=O) groups excluding carboxylic acids is 1. The van der Waals surface area contributed by atoms with Gasteiger partial charge in [-0.1, -0.05) is 37.5 Å². The molecule has 0 N–H and O–H groups in total. The van der Waals surface area contributed by atoms with Gasteiger partial charge in [0.25, 0.3) is 0 Å². The van der Waals surface area contributed by atoms with E-state index in [1.165, 1.54) is 11.2 Å². The molecule has 3 nitrogen and oxygen atoms in total. The second-order valence-corrected chi connectivity index (χ2v) is 4.53. The van der Waals surface area contributed by atoms with E-state index in [2.05, 4.69) is 0 Å². The number of hydrogen-bond acceptors (Lipinski definition) is 3. The molecule has 1 aliphatic rings. The Balaban J connectivity index is 2.01. The first-order valence-corrected chi connectivity index (χ1v) is 6.08. The molecule has 0 aromatic carbocycles. The van der Waals surface area contributed by atoms with Gasteiger partial charge in [0.15, 0.2) is 0 Å². The van der Waals surface area contributed by atoms with Crippen LogP contribution in [-0.2, 0) is 4.79 Å². The smallest absolute Gasteiger partial charge is 0.335 e. The Morgan fingerprint density at radius 3 is 2.75 bits per heavy atom. The summed E-state index contributed by atoms with van der Waals surface area (Å²) in [5.41, 5.74) is 0. The summed E-state index contributed by atoms with van der Waals surface area (Å²) >= 11 is 5.06. The number of rotatable bonds is 2. The molecule has 0 saturated heterocycles. The van der Waals surface area contributed by atoms with Gasteiger partial charge in [-0.2, -0.15) is 4.73 Å². The Bertz CT molecular complexity index is 421. The zero-order chi connectivity index (χ0) is 11.4. The van der Waals surface area contributed by atoms with Gasteiger partial charge in [0.1, 0.15) is 4.64 Å². The Hall–Kier alpha value is -1.16. The molecule has 2 rings (SSSR count). The van der Waals surface area contributed by atoms with Crippen LogP contribution in [0.2, 0.25) is 0 Å². The van der Waals surface area contributed by atoms with Crippen molar-refractivity contribution in [3.8, 4) is 0 Å². The predicted molar refractivity (Wildman–Crippen MR) is 63.4 cm³/mol. The lowest BCUT2D eigenvalue weighted by Crippen LogP contribution is -2.28. The predicted octanol–water partition coefficient (Wildman–Crippen LogP) is 2.75. The summed E-state index contributed by atoms with van der Waals surface area (Å²) in [5.74, 6) is -0.0992. The molecule has 1 aromatic rings. The van der Waals surface area contributed by atoms with Gasteiger partial charge >= 0.3 is 5.97 Å². The summed E-state index contributed by atoms with van der Waals surface area (Å²) in [6, 6.07) is 5.36. The summed E-state index contributed by atoms with van der Waals surface area (Å²) in [6.45, 7) is 0. The Morgan fingerprint density at radius 1 is 1.31 bits per heavy atom. The van der Waals surface area contributed by atoms with Crippen LogP contribution in [-0.4, -0.2) is 10.7 Å². The fourth-order valence-electron chi connectivity index (χ4n) is 2.00. The molecule has 4 heteroatoms. The van der Waals surface area contributed by atoms with Crippen LogP contribution in [0.4, 0.5) is 0 Å². The van der Waals surface area contributed by atoms with Crippen molar-refractivity contribution in [2.45, 2.75) is 32.1 Å². The summed E-state index contributed by atoms with van der Waals surface area (Å²) < 4.78 is 1.89. The number of carbonyl (C=O) groups is 1. The quantitative estimate of drug-likeness (QED) is 0.741. The Labute approximate surface area is 100.0 Å². The minimum Gasteiger partial charge on any atom is -0.335 e.